The van der Waals surface area contributed by atoms with Crippen LogP contribution in [0.3, 0.4) is 0 Å². The molecule has 0 amide bonds. The van der Waals surface area contributed by atoms with Gasteiger partial charge in [0.1, 0.15) is 0 Å². The molecule has 0 unspecified atom stereocenters. The molecule has 0 saturated heterocycles. The lowest BCUT2D eigenvalue weighted by Gasteiger charge is -2.33. The van der Waals surface area contributed by atoms with Crippen LogP contribution in [0.2, 0.25) is 0 Å². The van der Waals surface area contributed by atoms with E-state index in [4.69, 9.17) is 0 Å². The summed E-state index contributed by atoms with van der Waals surface area (Å²) in [4.78, 5) is 1.01. The van der Waals surface area contributed by atoms with Crippen molar-refractivity contribution >= 4 is 6.08 Å². The highest BCUT2D eigenvalue weighted by Crippen LogP contribution is 2.40. The van der Waals surface area contributed by atoms with Crippen LogP contribution < -0.4 is 0 Å². The first-order valence-corrected chi connectivity index (χ1v) is 4.42. The third-order valence-corrected chi connectivity index (χ3v) is 2.57. The van der Waals surface area contributed by atoms with Crippen molar-refractivity contribution in [3.63, 3.8) is 0 Å². The summed E-state index contributed by atoms with van der Waals surface area (Å²) in [6, 6.07) is 3.32. The Labute approximate surface area is 79.7 Å². The van der Waals surface area contributed by atoms with E-state index in [1.54, 1.807) is 24.3 Å². The first-order chi connectivity index (χ1) is 6.69. The van der Waals surface area contributed by atoms with E-state index in [2.05, 4.69) is 0 Å². The standard InChI is InChI=1S/C10H8F2N2/c11-10(12)13-5-1-3-8(13)7-9-4-2-6-14(9)10/h1-3,5-7H,4H2. The van der Waals surface area contributed by atoms with Gasteiger partial charge in [-0.3, -0.25) is 9.47 Å². The monoisotopic (exact) mass is 194 g/mol. The third-order valence-electron chi connectivity index (χ3n) is 2.57. The second-order valence-corrected chi connectivity index (χ2v) is 3.41. The van der Waals surface area contributed by atoms with E-state index in [9.17, 15) is 8.78 Å². The summed E-state index contributed by atoms with van der Waals surface area (Å²) in [5.41, 5.74) is 1.21. The highest BCUT2D eigenvalue weighted by atomic mass is 19.3. The summed E-state index contributed by atoms with van der Waals surface area (Å²) in [6.45, 7) is 0. The lowest BCUT2D eigenvalue weighted by molar-refractivity contribution is -0.181. The van der Waals surface area contributed by atoms with Crippen LogP contribution in [-0.4, -0.2) is 9.47 Å². The number of hydrogen-bond donors (Lipinski definition) is 0. The summed E-state index contributed by atoms with van der Waals surface area (Å²) >= 11 is 0. The number of hydrogen-bond acceptors (Lipinski definition) is 1. The second kappa shape index (κ2) is 2.26. The van der Waals surface area contributed by atoms with E-state index in [-0.39, 0.29) is 0 Å². The van der Waals surface area contributed by atoms with Crippen LogP contribution in [0, 0.1) is 0 Å². The minimum Gasteiger partial charge on any atom is -0.273 e. The van der Waals surface area contributed by atoms with Gasteiger partial charge in [-0.2, -0.15) is 8.78 Å². The maximum absolute atomic E-state index is 13.8. The Hall–Kier alpha value is -1.58. The van der Waals surface area contributed by atoms with Gasteiger partial charge in [-0.05, 0) is 18.2 Å². The van der Waals surface area contributed by atoms with E-state index in [0.717, 1.165) is 9.47 Å². The SMILES string of the molecule is FC1(F)N2C=CCC2=Cc2cccn21. The molecule has 0 fully saturated rings. The Balaban J connectivity index is 2.24. The number of fused-ring (bicyclic) bond motifs is 2. The number of allylic oxidation sites excluding steroid dienone is 1. The molecule has 14 heavy (non-hydrogen) atoms. The molecule has 0 N–H and O–H groups in total. The molecule has 4 heteroatoms. The fraction of sp³-hybridized carbons (Fsp3) is 0.200. The summed E-state index contributed by atoms with van der Waals surface area (Å²) in [7, 11) is 0. The van der Waals surface area contributed by atoms with Gasteiger partial charge in [-0.25, -0.2) is 0 Å². The normalized spacial score (nSPS) is 21.9. The van der Waals surface area contributed by atoms with Gasteiger partial charge in [-0.15, -0.1) is 0 Å². The largest absolute Gasteiger partial charge is 0.421 e. The number of rotatable bonds is 0. The highest BCUT2D eigenvalue weighted by Gasteiger charge is 2.43. The van der Waals surface area contributed by atoms with Gasteiger partial charge in [0.05, 0.1) is 0 Å². The van der Waals surface area contributed by atoms with Crippen molar-refractivity contribution in [3.8, 4) is 0 Å². The quantitative estimate of drug-likeness (QED) is 0.576. The summed E-state index contributed by atoms with van der Waals surface area (Å²) in [5.74, 6) is 0. The number of halogens is 2. The van der Waals surface area contributed by atoms with Gasteiger partial charge in [0.25, 0.3) is 0 Å². The molecule has 2 nitrogen and oxygen atoms in total. The van der Waals surface area contributed by atoms with Gasteiger partial charge < -0.3 is 0 Å². The van der Waals surface area contributed by atoms with Crippen molar-refractivity contribution in [2.24, 2.45) is 0 Å². The molecule has 1 aromatic heterocycles. The summed E-state index contributed by atoms with van der Waals surface area (Å²) in [6.07, 6.45) is 3.99. The molecular formula is C10H8F2N2. The highest BCUT2D eigenvalue weighted by molar-refractivity contribution is 5.53. The lowest BCUT2D eigenvalue weighted by atomic mass is 10.2. The van der Waals surface area contributed by atoms with Crippen LogP contribution >= 0.6 is 0 Å². The predicted molar refractivity (Wildman–Crippen MR) is 48.2 cm³/mol. The van der Waals surface area contributed by atoms with E-state index >= 15 is 0 Å². The zero-order valence-electron chi connectivity index (χ0n) is 7.32. The number of aromatic nitrogens is 1. The fourth-order valence-electron chi connectivity index (χ4n) is 1.91. The maximum atomic E-state index is 13.8. The third kappa shape index (κ3) is 0.780. The molecular weight excluding hydrogens is 186 g/mol. The van der Waals surface area contributed by atoms with E-state index in [1.165, 1.54) is 12.4 Å². The summed E-state index contributed by atoms with van der Waals surface area (Å²) in [5, 5.41) is 0. The molecule has 2 aliphatic rings. The Kier molecular flexibility index (Phi) is 1.26. The minimum absolute atomic E-state index is 0.560. The van der Waals surface area contributed by atoms with Gasteiger partial charge >= 0.3 is 6.17 Å². The molecule has 3 heterocycles. The van der Waals surface area contributed by atoms with Crippen molar-refractivity contribution in [1.29, 1.82) is 0 Å². The van der Waals surface area contributed by atoms with Crippen molar-refractivity contribution in [1.82, 2.24) is 9.47 Å². The Morgan fingerprint density at radius 1 is 1.36 bits per heavy atom. The molecule has 0 bridgehead atoms. The van der Waals surface area contributed by atoms with Crippen LogP contribution in [-0.2, 0) is 6.17 Å². The zero-order chi connectivity index (χ0) is 9.76. The van der Waals surface area contributed by atoms with Crippen molar-refractivity contribution in [3.05, 3.63) is 42.0 Å². The Morgan fingerprint density at radius 3 is 3.07 bits per heavy atom. The molecule has 0 atom stereocenters. The Bertz CT molecular complexity index is 443. The first kappa shape index (κ1) is 7.79. The summed E-state index contributed by atoms with van der Waals surface area (Å²) < 4.78 is 28.5. The Morgan fingerprint density at radius 2 is 2.21 bits per heavy atom. The number of nitrogens with zero attached hydrogens (tertiary/aromatic N) is 2. The topological polar surface area (TPSA) is 8.17 Å². The predicted octanol–water partition coefficient (Wildman–Crippen LogP) is 2.57. The van der Waals surface area contributed by atoms with Crippen LogP contribution in [0.25, 0.3) is 6.08 Å². The molecule has 2 aliphatic heterocycles. The molecule has 0 aromatic carbocycles. The molecule has 3 rings (SSSR count). The molecule has 72 valence electrons. The molecule has 0 radical (unpaired) electrons. The minimum atomic E-state index is -2.96. The van der Waals surface area contributed by atoms with Gasteiger partial charge in [0, 0.05) is 30.2 Å². The molecule has 0 spiro atoms. The van der Waals surface area contributed by atoms with Gasteiger partial charge in [0.15, 0.2) is 0 Å². The van der Waals surface area contributed by atoms with E-state index < -0.39 is 6.17 Å². The smallest absolute Gasteiger partial charge is 0.273 e. The second-order valence-electron chi connectivity index (χ2n) is 3.41. The van der Waals surface area contributed by atoms with Gasteiger partial charge in [0.2, 0.25) is 0 Å². The number of alkyl halides is 2. The van der Waals surface area contributed by atoms with Crippen LogP contribution in [0.4, 0.5) is 8.78 Å². The zero-order valence-corrected chi connectivity index (χ0v) is 7.32. The first-order valence-electron chi connectivity index (χ1n) is 4.42. The van der Waals surface area contributed by atoms with E-state index in [1.807, 2.05) is 0 Å². The van der Waals surface area contributed by atoms with Crippen LogP contribution in [0.15, 0.2) is 36.3 Å². The lowest BCUT2D eigenvalue weighted by Crippen LogP contribution is -2.41. The van der Waals surface area contributed by atoms with E-state index in [0.29, 0.717) is 17.8 Å². The fourth-order valence-corrected chi connectivity index (χ4v) is 1.91. The average molecular weight is 194 g/mol. The van der Waals surface area contributed by atoms with Crippen LogP contribution in [0.5, 0.6) is 0 Å². The molecule has 0 aliphatic carbocycles. The average Bonchev–Trinajstić information content (AvgIpc) is 2.71. The van der Waals surface area contributed by atoms with Crippen LogP contribution in [0.1, 0.15) is 12.1 Å². The molecule has 1 aromatic rings. The van der Waals surface area contributed by atoms with Crippen molar-refractivity contribution in [2.75, 3.05) is 0 Å². The van der Waals surface area contributed by atoms with Gasteiger partial charge in [-0.1, -0.05) is 6.08 Å². The maximum Gasteiger partial charge on any atom is 0.421 e. The molecule has 0 saturated carbocycles. The van der Waals surface area contributed by atoms with Crippen molar-refractivity contribution < 1.29 is 8.78 Å². The van der Waals surface area contributed by atoms with Crippen molar-refractivity contribution in [2.45, 2.75) is 12.6 Å².